The fourth-order valence-corrected chi connectivity index (χ4v) is 2.60. The number of nitrogens with zero attached hydrogens (tertiary/aromatic N) is 2. The molecule has 0 saturated carbocycles. The summed E-state index contributed by atoms with van der Waals surface area (Å²) in [5, 5.41) is 2.89. The number of benzene rings is 1. The zero-order chi connectivity index (χ0) is 18.4. The molecular weight excluding hydrogens is 326 g/mol. The van der Waals surface area contributed by atoms with Crippen LogP contribution in [0.25, 0.3) is 11.0 Å². The van der Waals surface area contributed by atoms with Crippen molar-refractivity contribution in [3.05, 3.63) is 72.6 Å². The van der Waals surface area contributed by atoms with Gasteiger partial charge >= 0.3 is 0 Å². The van der Waals surface area contributed by atoms with Gasteiger partial charge in [0.15, 0.2) is 0 Å². The number of carbonyl (C=O) groups excluding carboxylic acids is 1. The van der Waals surface area contributed by atoms with Crippen LogP contribution in [0.2, 0.25) is 0 Å². The number of hydrogen-bond donors (Lipinski definition) is 1. The maximum absolute atomic E-state index is 12.6. The van der Waals surface area contributed by atoms with Crippen molar-refractivity contribution in [2.45, 2.75) is 19.8 Å². The topological polar surface area (TPSA) is 64.1 Å². The molecular formula is C21H21N3O2. The molecule has 5 heteroatoms. The van der Waals surface area contributed by atoms with Crippen molar-refractivity contribution >= 4 is 22.6 Å². The average Bonchev–Trinajstić information content (AvgIpc) is 2.65. The van der Waals surface area contributed by atoms with Crippen LogP contribution in [0.15, 0.2) is 61.3 Å². The van der Waals surface area contributed by atoms with E-state index in [0.29, 0.717) is 23.5 Å². The summed E-state index contributed by atoms with van der Waals surface area (Å²) in [4.78, 5) is 21.4. The van der Waals surface area contributed by atoms with Gasteiger partial charge in [0.1, 0.15) is 11.4 Å². The summed E-state index contributed by atoms with van der Waals surface area (Å²) in [7, 11) is 0. The van der Waals surface area contributed by atoms with E-state index in [1.54, 1.807) is 12.3 Å². The molecule has 1 N–H and O–H groups in total. The van der Waals surface area contributed by atoms with Crippen LogP contribution in [0.4, 0.5) is 5.69 Å². The van der Waals surface area contributed by atoms with Gasteiger partial charge in [0, 0.05) is 18.0 Å². The van der Waals surface area contributed by atoms with E-state index in [2.05, 4.69) is 21.9 Å². The molecule has 0 fully saturated rings. The Morgan fingerprint density at radius 2 is 2.12 bits per heavy atom. The fraction of sp³-hybridized carbons (Fsp3) is 0.190. The van der Waals surface area contributed by atoms with Crippen molar-refractivity contribution in [2.75, 3.05) is 11.9 Å². The highest BCUT2D eigenvalue weighted by Crippen LogP contribution is 2.20. The summed E-state index contributed by atoms with van der Waals surface area (Å²) in [6, 6.07) is 12.9. The summed E-state index contributed by atoms with van der Waals surface area (Å²) in [5.74, 6) is 0.469. The standard InChI is InChI=1S/C21H21N3O2/c1-3-4-5-12-26-17-9-6-8-16(14-17)23-21(25)20-15(2)13-19-18(24-20)10-7-11-22-19/h3,6-11,13-14H,1,4-5,12H2,2H3,(H,23,25). The highest BCUT2D eigenvalue weighted by Gasteiger charge is 2.13. The Labute approximate surface area is 152 Å². The number of aryl methyl sites for hydroxylation is 1. The van der Waals surface area contributed by atoms with Crippen molar-refractivity contribution in [1.82, 2.24) is 9.97 Å². The van der Waals surface area contributed by atoms with Gasteiger partial charge in [0.25, 0.3) is 5.91 Å². The van der Waals surface area contributed by atoms with Crippen molar-refractivity contribution in [3.63, 3.8) is 0 Å². The molecule has 1 aromatic carbocycles. The van der Waals surface area contributed by atoms with Crippen LogP contribution in [-0.4, -0.2) is 22.5 Å². The van der Waals surface area contributed by atoms with Crippen LogP contribution >= 0.6 is 0 Å². The van der Waals surface area contributed by atoms with Gasteiger partial charge in [0.05, 0.1) is 17.6 Å². The molecule has 0 aliphatic rings. The van der Waals surface area contributed by atoms with Gasteiger partial charge in [-0.05, 0) is 55.7 Å². The van der Waals surface area contributed by atoms with E-state index in [4.69, 9.17) is 4.74 Å². The van der Waals surface area contributed by atoms with Gasteiger partial charge in [-0.1, -0.05) is 12.1 Å². The van der Waals surface area contributed by atoms with Crippen molar-refractivity contribution in [2.24, 2.45) is 0 Å². The second-order valence-electron chi connectivity index (χ2n) is 5.96. The first-order valence-electron chi connectivity index (χ1n) is 8.55. The zero-order valence-electron chi connectivity index (χ0n) is 14.7. The van der Waals surface area contributed by atoms with Crippen molar-refractivity contribution in [1.29, 1.82) is 0 Å². The monoisotopic (exact) mass is 347 g/mol. The molecule has 1 amide bonds. The van der Waals surface area contributed by atoms with E-state index in [-0.39, 0.29) is 5.91 Å². The van der Waals surface area contributed by atoms with Gasteiger partial charge in [0.2, 0.25) is 0 Å². The first kappa shape index (κ1) is 17.6. The number of ether oxygens (including phenoxy) is 1. The number of rotatable bonds is 7. The molecule has 0 unspecified atom stereocenters. The number of pyridine rings is 2. The third-order valence-electron chi connectivity index (χ3n) is 3.90. The minimum atomic E-state index is -0.253. The number of anilines is 1. The second-order valence-corrected chi connectivity index (χ2v) is 5.96. The molecule has 0 aliphatic carbocycles. The molecule has 0 bridgehead atoms. The van der Waals surface area contributed by atoms with E-state index in [1.165, 1.54) is 0 Å². The Bertz CT molecular complexity index is 937. The molecule has 3 aromatic rings. The number of nitrogens with one attached hydrogen (secondary N) is 1. The van der Waals surface area contributed by atoms with Gasteiger partial charge < -0.3 is 10.1 Å². The molecule has 0 aliphatic heterocycles. The average molecular weight is 347 g/mol. The summed E-state index contributed by atoms with van der Waals surface area (Å²) < 4.78 is 5.69. The molecule has 0 atom stereocenters. The number of aromatic nitrogens is 2. The lowest BCUT2D eigenvalue weighted by molar-refractivity contribution is 0.102. The minimum absolute atomic E-state index is 0.253. The molecule has 26 heavy (non-hydrogen) atoms. The van der Waals surface area contributed by atoms with Gasteiger partial charge in [-0.15, -0.1) is 6.58 Å². The Hall–Kier alpha value is -3.21. The van der Waals surface area contributed by atoms with E-state index in [1.807, 2.05) is 49.4 Å². The van der Waals surface area contributed by atoms with Gasteiger partial charge in [-0.2, -0.15) is 0 Å². The second kappa shape index (κ2) is 8.25. The highest BCUT2D eigenvalue weighted by atomic mass is 16.5. The molecule has 2 heterocycles. The number of carbonyl (C=O) groups is 1. The van der Waals surface area contributed by atoms with Crippen LogP contribution in [0.5, 0.6) is 5.75 Å². The Morgan fingerprint density at radius 1 is 1.23 bits per heavy atom. The molecule has 5 nitrogen and oxygen atoms in total. The first-order chi connectivity index (χ1) is 12.7. The Morgan fingerprint density at radius 3 is 2.96 bits per heavy atom. The largest absolute Gasteiger partial charge is 0.494 e. The fourth-order valence-electron chi connectivity index (χ4n) is 2.60. The van der Waals surface area contributed by atoms with E-state index in [9.17, 15) is 4.79 Å². The predicted octanol–water partition coefficient (Wildman–Crippen LogP) is 4.54. The third-order valence-corrected chi connectivity index (χ3v) is 3.90. The van der Waals surface area contributed by atoms with E-state index >= 15 is 0 Å². The number of hydrogen-bond acceptors (Lipinski definition) is 4. The smallest absolute Gasteiger partial charge is 0.274 e. The molecule has 132 valence electrons. The van der Waals surface area contributed by atoms with Gasteiger partial charge in [-0.3, -0.25) is 9.78 Å². The zero-order valence-corrected chi connectivity index (χ0v) is 14.7. The van der Waals surface area contributed by atoms with Crippen LogP contribution in [0, 0.1) is 6.92 Å². The van der Waals surface area contributed by atoms with Crippen LogP contribution in [-0.2, 0) is 0 Å². The minimum Gasteiger partial charge on any atom is -0.494 e. The van der Waals surface area contributed by atoms with Crippen molar-refractivity contribution < 1.29 is 9.53 Å². The molecule has 0 radical (unpaired) electrons. The lowest BCUT2D eigenvalue weighted by Crippen LogP contribution is -2.15. The van der Waals surface area contributed by atoms with Crippen LogP contribution in [0.1, 0.15) is 28.9 Å². The summed E-state index contributed by atoms with van der Waals surface area (Å²) in [6.07, 6.45) is 5.41. The van der Waals surface area contributed by atoms with E-state index < -0.39 is 0 Å². The van der Waals surface area contributed by atoms with Crippen molar-refractivity contribution in [3.8, 4) is 5.75 Å². The number of unbranched alkanes of at least 4 members (excludes halogenated alkanes) is 1. The molecule has 0 saturated heterocycles. The third kappa shape index (κ3) is 4.25. The summed E-state index contributed by atoms with van der Waals surface area (Å²) in [5.41, 5.74) is 3.32. The van der Waals surface area contributed by atoms with Crippen LogP contribution < -0.4 is 10.1 Å². The summed E-state index contributed by atoms with van der Waals surface area (Å²) >= 11 is 0. The number of allylic oxidation sites excluding steroid dienone is 1. The Kier molecular flexibility index (Phi) is 5.59. The molecule has 3 rings (SSSR count). The maximum Gasteiger partial charge on any atom is 0.274 e. The Balaban J connectivity index is 1.73. The van der Waals surface area contributed by atoms with Gasteiger partial charge in [-0.25, -0.2) is 4.98 Å². The van der Waals surface area contributed by atoms with Crippen LogP contribution in [0.3, 0.4) is 0 Å². The predicted molar refractivity (Wildman–Crippen MR) is 104 cm³/mol. The SMILES string of the molecule is C=CCCCOc1cccc(NC(=O)c2nc3cccnc3cc2C)c1. The number of fused-ring (bicyclic) bond motifs is 1. The normalized spacial score (nSPS) is 10.5. The lowest BCUT2D eigenvalue weighted by atomic mass is 10.1. The first-order valence-corrected chi connectivity index (χ1v) is 8.55. The maximum atomic E-state index is 12.6. The summed E-state index contributed by atoms with van der Waals surface area (Å²) in [6.45, 7) is 6.16. The lowest BCUT2D eigenvalue weighted by Gasteiger charge is -2.10. The molecule has 2 aromatic heterocycles. The van der Waals surface area contributed by atoms with E-state index in [0.717, 1.165) is 29.7 Å². The quantitative estimate of drug-likeness (QED) is 0.503. The number of amides is 1. The molecule has 0 spiro atoms. The highest BCUT2D eigenvalue weighted by molar-refractivity contribution is 6.05.